The van der Waals surface area contributed by atoms with Gasteiger partial charge in [-0.05, 0) is 26.9 Å². The maximum atomic E-state index is 12.8. The Kier molecular flexibility index (Phi) is 30.5. The van der Waals surface area contributed by atoms with Crippen LogP contribution in [0.5, 0.6) is 0 Å². The Morgan fingerprint density at radius 1 is 0.540 bits per heavy atom. The molecule has 50 heavy (non-hydrogen) atoms. The normalized spacial score (nSPS) is 13.2. The number of esters is 2. The highest BCUT2D eigenvalue weighted by atomic mass is 16.6. The van der Waals surface area contributed by atoms with Gasteiger partial charge in [0.25, 0.3) is 0 Å². The maximum Gasteiger partial charge on any atom is 0.410 e. The van der Waals surface area contributed by atoms with Gasteiger partial charge in [0.1, 0.15) is 13.2 Å². The molecule has 0 aromatic carbocycles. The minimum Gasteiger partial charge on any atom is -0.462 e. The molecule has 0 unspecified atom stereocenters. The zero-order chi connectivity index (χ0) is 36.5. The minimum atomic E-state index is -0.804. The van der Waals surface area contributed by atoms with Crippen molar-refractivity contribution < 1.29 is 28.6 Å². The lowest BCUT2D eigenvalue weighted by atomic mass is 10.0. The third-order valence-electron chi connectivity index (χ3n) is 9.94. The molecule has 0 aromatic heterocycles. The molecule has 1 fully saturated rings. The Hall–Kier alpha value is -1.83. The van der Waals surface area contributed by atoms with Gasteiger partial charge in [-0.3, -0.25) is 9.59 Å². The summed E-state index contributed by atoms with van der Waals surface area (Å²) in [5.74, 6) is -0.155. The number of carbonyl (C=O) groups is 3. The molecule has 0 bridgehead atoms. The molecule has 0 atom stereocenters. The van der Waals surface area contributed by atoms with Crippen LogP contribution in [0, 0.1) is 5.92 Å². The average molecular weight is 709 g/mol. The molecule has 1 amide bonds. The molecule has 1 saturated heterocycles. The summed E-state index contributed by atoms with van der Waals surface area (Å²) in [6.07, 6.45) is 32.0. The Morgan fingerprint density at radius 2 is 0.860 bits per heavy atom. The van der Waals surface area contributed by atoms with Crippen molar-refractivity contribution >= 4 is 18.0 Å². The van der Waals surface area contributed by atoms with Crippen LogP contribution in [0.4, 0.5) is 4.79 Å². The van der Waals surface area contributed by atoms with E-state index in [0.29, 0.717) is 31.8 Å². The number of ether oxygens (including phenoxy) is 3. The second kappa shape index (κ2) is 33.0. The van der Waals surface area contributed by atoms with E-state index in [1.807, 2.05) is 14.1 Å². The summed E-state index contributed by atoms with van der Waals surface area (Å²) in [4.78, 5) is 41.5. The van der Waals surface area contributed by atoms with Crippen molar-refractivity contribution in [2.75, 3.05) is 46.9 Å². The van der Waals surface area contributed by atoms with Gasteiger partial charge in [0.15, 0.2) is 6.10 Å². The summed E-state index contributed by atoms with van der Waals surface area (Å²) in [5, 5.41) is 0. The molecule has 8 nitrogen and oxygen atoms in total. The number of hydrogen-bond donors (Lipinski definition) is 0. The SMILES string of the molecule is CCCCCCCCCCCCCCCC(=O)OCC(COC(=O)CCCCCCCCCCCCCCC)OC(=O)N1CC(CN(C)C)C1. The zero-order valence-electron chi connectivity index (χ0n) is 33.3. The average Bonchev–Trinajstić information content (AvgIpc) is 3.07. The van der Waals surface area contributed by atoms with Crippen LogP contribution in [0.15, 0.2) is 0 Å². The monoisotopic (exact) mass is 709 g/mol. The third-order valence-corrected chi connectivity index (χ3v) is 9.94. The summed E-state index contributed by atoms with van der Waals surface area (Å²) in [6.45, 7) is 6.53. The highest BCUT2D eigenvalue weighted by Crippen LogP contribution is 2.19. The Bertz CT molecular complexity index is 770. The summed E-state index contributed by atoms with van der Waals surface area (Å²) < 4.78 is 16.7. The van der Waals surface area contributed by atoms with E-state index >= 15 is 0 Å². The fraction of sp³-hybridized carbons (Fsp3) is 0.929. The fourth-order valence-electron chi connectivity index (χ4n) is 6.77. The third kappa shape index (κ3) is 27.8. The van der Waals surface area contributed by atoms with Crippen LogP contribution in [0.2, 0.25) is 0 Å². The molecule has 1 rings (SSSR count). The standard InChI is InChI=1S/C42H80N2O6/c1-5-7-9-11-13-15-17-19-21-23-25-27-29-31-40(45)48-36-39(50-42(47)44-34-38(35-44)33-43(3)4)37-49-41(46)32-30-28-26-24-22-20-18-16-14-12-10-8-6-2/h38-39H,5-37H2,1-4H3. The van der Waals surface area contributed by atoms with E-state index in [-0.39, 0.29) is 25.2 Å². The van der Waals surface area contributed by atoms with Crippen LogP contribution < -0.4 is 0 Å². The van der Waals surface area contributed by atoms with Crippen LogP contribution in [0.25, 0.3) is 0 Å². The first-order valence-corrected chi connectivity index (χ1v) is 21.3. The molecule has 294 valence electrons. The first kappa shape index (κ1) is 46.2. The smallest absolute Gasteiger partial charge is 0.410 e. The van der Waals surface area contributed by atoms with Crippen molar-refractivity contribution in [1.82, 2.24) is 9.80 Å². The maximum absolute atomic E-state index is 12.8. The van der Waals surface area contributed by atoms with Gasteiger partial charge in [-0.25, -0.2) is 4.79 Å². The second-order valence-electron chi connectivity index (χ2n) is 15.4. The van der Waals surface area contributed by atoms with Crippen molar-refractivity contribution in [1.29, 1.82) is 0 Å². The highest BCUT2D eigenvalue weighted by Gasteiger charge is 2.33. The van der Waals surface area contributed by atoms with Crippen molar-refractivity contribution in [2.24, 2.45) is 5.92 Å². The lowest BCUT2D eigenvalue weighted by Crippen LogP contribution is -2.54. The molecule has 8 heteroatoms. The molecule has 0 saturated carbocycles. The van der Waals surface area contributed by atoms with Gasteiger partial charge in [-0.15, -0.1) is 0 Å². The largest absolute Gasteiger partial charge is 0.462 e. The summed E-state index contributed by atoms with van der Waals surface area (Å²) >= 11 is 0. The van der Waals surface area contributed by atoms with E-state index < -0.39 is 12.2 Å². The fourth-order valence-corrected chi connectivity index (χ4v) is 6.77. The van der Waals surface area contributed by atoms with Crippen LogP contribution in [-0.2, 0) is 23.8 Å². The Labute approximate surface area is 308 Å². The van der Waals surface area contributed by atoms with E-state index in [1.165, 1.54) is 128 Å². The first-order chi connectivity index (χ1) is 24.3. The molecule has 0 N–H and O–H groups in total. The highest BCUT2D eigenvalue weighted by molar-refractivity contribution is 5.70. The van der Waals surface area contributed by atoms with Crippen molar-refractivity contribution in [3.05, 3.63) is 0 Å². The molecule has 0 aliphatic carbocycles. The topological polar surface area (TPSA) is 85.4 Å². The number of rotatable bonds is 35. The summed E-state index contributed by atoms with van der Waals surface area (Å²) in [7, 11) is 4.05. The van der Waals surface area contributed by atoms with Crippen LogP contribution in [-0.4, -0.2) is 80.9 Å². The predicted octanol–water partition coefficient (Wildman–Crippen LogP) is 11.0. The van der Waals surface area contributed by atoms with Gasteiger partial charge in [-0.1, -0.05) is 168 Å². The van der Waals surface area contributed by atoms with E-state index in [4.69, 9.17) is 14.2 Å². The van der Waals surface area contributed by atoms with Crippen LogP contribution in [0.1, 0.15) is 194 Å². The first-order valence-electron chi connectivity index (χ1n) is 21.3. The van der Waals surface area contributed by atoms with E-state index in [1.54, 1.807) is 4.90 Å². The van der Waals surface area contributed by atoms with Crippen molar-refractivity contribution in [3.8, 4) is 0 Å². The van der Waals surface area contributed by atoms with E-state index in [9.17, 15) is 14.4 Å². The number of carbonyl (C=O) groups excluding carboxylic acids is 3. The van der Waals surface area contributed by atoms with E-state index in [2.05, 4.69) is 18.7 Å². The van der Waals surface area contributed by atoms with Gasteiger partial charge >= 0.3 is 18.0 Å². The molecular formula is C42H80N2O6. The molecule has 0 aromatic rings. The molecule has 1 aliphatic heterocycles. The van der Waals surface area contributed by atoms with E-state index in [0.717, 1.165) is 45.1 Å². The number of unbranched alkanes of at least 4 members (excludes halogenated alkanes) is 24. The molecule has 1 aliphatic rings. The summed E-state index contributed by atoms with van der Waals surface area (Å²) in [5.41, 5.74) is 0. The lowest BCUT2D eigenvalue weighted by molar-refractivity contribution is -0.153. The van der Waals surface area contributed by atoms with Crippen LogP contribution in [0.3, 0.4) is 0 Å². The number of amides is 1. The summed E-state index contributed by atoms with van der Waals surface area (Å²) in [6, 6.07) is 0. The number of hydrogen-bond acceptors (Lipinski definition) is 7. The quantitative estimate of drug-likeness (QED) is 0.0368. The van der Waals surface area contributed by atoms with Gasteiger partial charge in [0, 0.05) is 38.4 Å². The van der Waals surface area contributed by atoms with Gasteiger partial charge < -0.3 is 24.0 Å². The van der Waals surface area contributed by atoms with Gasteiger partial charge in [0.05, 0.1) is 0 Å². The number of nitrogens with zero attached hydrogens (tertiary/aromatic N) is 2. The molecule has 1 heterocycles. The zero-order valence-corrected chi connectivity index (χ0v) is 33.3. The van der Waals surface area contributed by atoms with Crippen molar-refractivity contribution in [3.63, 3.8) is 0 Å². The number of likely N-dealkylation sites (tertiary alicyclic amines) is 1. The second-order valence-corrected chi connectivity index (χ2v) is 15.4. The Morgan fingerprint density at radius 3 is 1.18 bits per heavy atom. The van der Waals surface area contributed by atoms with Crippen molar-refractivity contribution in [2.45, 2.75) is 200 Å². The lowest BCUT2D eigenvalue weighted by Gasteiger charge is -2.40. The predicted molar refractivity (Wildman–Crippen MR) is 206 cm³/mol. The molecule has 0 radical (unpaired) electrons. The van der Waals surface area contributed by atoms with Crippen LogP contribution >= 0.6 is 0 Å². The van der Waals surface area contributed by atoms with Gasteiger partial charge in [-0.2, -0.15) is 0 Å². The minimum absolute atomic E-state index is 0.0932. The molecular weight excluding hydrogens is 628 g/mol. The Balaban J connectivity index is 2.23. The molecule has 0 spiro atoms. The van der Waals surface area contributed by atoms with Gasteiger partial charge in [0.2, 0.25) is 0 Å².